The van der Waals surface area contributed by atoms with Gasteiger partial charge in [0.1, 0.15) is 37.5 Å². The highest BCUT2D eigenvalue weighted by Crippen LogP contribution is 2.20. The second kappa shape index (κ2) is 11.6. The van der Waals surface area contributed by atoms with Crippen LogP contribution in [0.2, 0.25) is 0 Å². The molecule has 0 amide bonds. The van der Waals surface area contributed by atoms with E-state index in [-0.39, 0.29) is 6.42 Å². The molecule has 3 aromatic carbocycles. The summed E-state index contributed by atoms with van der Waals surface area (Å²) in [6, 6.07) is 23.2. The van der Waals surface area contributed by atoms with Gasteiger partial charge in [0, 0.05) is 12.0 Å². The fraction of sp³-hybridized carbons (Fsp3) is 0.231. The first-order valence-corrected chi connectivity index (χ1v) is 10.4. The van der Waals surface area contributed by atoms with Crippen molar-refractivity contribution >= 4 is 11.7 Å². The van der Waals surface area contributed by atoms with Gasteiger partial charge in [0.15, 0.2) is 0 Å². The predicted octanol–water partition coefficient (Wildman–Crippen LogP) is 5.02. The lowest BCUT2D eigenvalue weighted by Gasteiger charge is -2.11. The van der Waals surface area contributed by atoms with Crippen molar-refractivity contribution in [1.82, 2.24) is 0 Å². The summed E-state index contributed by atoms with van der Waals surface area (Å²) >= 11 is 0. The predicted molar refractivity (Wildman–Crippen MR) is 123 cm³/mol. The van der Waals surface area contributed by atoms with Gasteiger partial charge in [-0.05, 0) is 54.3 Å². The van der Waals surface area contributed by atoms with Gasteiger partial charge in [0.25, 0.3) is 0 Å². The Bertz CT molecular complexity index is 1050. The molecule has 6 nitrogen and oxygen atoms in total. The zero-order valence-corrected chi connectivity index (χ0v) is 18.3. The number of nitrogens with zero attached hydrogens (tertiary/aromatic N) is 1. The second-order valence-corrected chi connectivity index (χ2v) is 7.29. The van der Waals surface area contributed by atoms with Crippen LogP contribution in [0.1, 0.15) is 28.7 Å². The van der Waals surface area contributed by atoms with Crippen molar-refractivity contribution in [2.45, 2.75) is 26.4 Å². The van der Waals surface area contributed by atoms with Gasteiger partial charge in [-0.2, -0.15) is 0 Å². The molecule has 0 unspecified atom stereocenters. The number of carboxylic acids is 1. The summed E-state index contributed by atoms with van der Waals surface area (Å²) < 4.78 is 11.8. The number of hydrogen-bond acceptors (Lipinski definition) is 5. The van der Waals surface area contributed by atoms with E-state index in [1.165, 1.54) is 7.11 Å². The van der Waals surface area contributed by atoms with Gasteiger partial charge in [-0.25, -0.2) is 0 Å². The van der Waals surface area contributed by atoms with Gasteiger partial charge in [-0.15, -0.1) is 0 Å². The molecule has 0 aliphatic heterocycles. The maximum absolute atomic E-state index is 10.8. The van der Waals surface area contributed by atoms with E-state index in [0.29, 0.717) is 25.3 Å². The lowest BCUT2D eigenvalue weighted by Crippen LogP contribution is -2.13. The summed E-state index contributed by atoms with van der Waals surface area (Å²) in [4.78, 5) is 15.7. The van der Waals surface area contributed by atoms with Crippen LogP contribution in [0, 0.1) is 6.92 Å². The summed E-state index contributed by atoms with van der Waals surface area (Å²) in [5, 5.41) is 12.9. The highest BCUT2D eigenvalue weighted by Gasteiger charge is 2.07. The monoisotopic (exact) mass is 433 g/mol. The molecular formula is C26H27NO5. The van der Waals surface area contributed by atoms with Crippen LogP contribution in [0.5, 0.6) is 11.5 Å². The Labute approximate surface area is 188 Å². The molecule has 1 N–H and O–H groups in total. The Morgan fingerprint density at radius 2 is 1.66 bits per heavy atom. The number of benzene rings is 3. The molecule has 166 valence electrons. The molecule has 0 radical (unpaired) electrons. The number of carboxylic acid groups (broad SMARTS) is 1. The van der Waals surface area contributed by atoms with Gasteiger partial charge >= 0.3 is 5.97 Å². The van der Waals surface area contributed by atoms with Crippen molar-refractivity contribution < 1.29 is 24.2 Å². The Hall–Kier alpha value is -3.80. The smallest absolute Gasteiger partial charge is 0.303 e. The fourth-order valence-corrected chi connectivity index (χ4v) is 3.18. The molecule has 0 fully saturated rings. The molecule has 32 heavy (non-hydrogen) atoms. The largest absolute Gasteiger partial charge is 0.489 e. The number of ether oxygens (including phenoxy) is 2. The number of oxime groups is 1. The molecule has 0 spiro atoms. The number of carbonyl (C=O) groups is 1. The van der Waals surface area contributed by atoms with E-state index in [0.717, 1.165) is 33.8 Å². The zero-order valence-electron chi connectivity index (χ0n) is 18.3. The van der Waals surface area contributed by atoms with Crippen LogP contribution in [0.15, 0.2) is 78.0 Å². The van der Waals surface area contributed by atoms with E-state index in [4.69, 9.17) is 19.4 Å². The fourth-order valence-electron chi connectivity index (χ4n) is 3.18. The van der Waals surface area contributed by atoms with Crippen LogP contribution in [-0.4, -0.2) is 30.5 Å². The van der Waals surface area contributed by atoms with Gasteiger partial charge in [0.2, 0.25) is 0 Å². The average Bonchev–Trinajstić information content (AvgIpc) is 2.81. The standard InChI is InChI=1S/C26H27NO5/c1-19-16-24(14-10-21(19)11-15-26(28)29)31-17-20-8-12-23(13-9-20)32-18-25(27-30-2)22-6-4-3-5-7-22/h3-10,12-14,16H,11,15,17-18H2,1-2H3,(H,28,29)/b27-25+. The summed E-state index contributed by atoms with van der Waals surface area (Å²) in [5.41, 5.74) is 4.72. The molecule has 0 aromatic heterocycles. The van der Waals surface area contributed by atoms with Gasteiger partial charge in [-0.1, -0.05) is 53.7 Å². The Morgan fingerprint density at radius 3 is 2.31 bits per heavy atom. The third kappa shape index (κ3) is 6.87. The van der Waals surface area contributed by atoms with Crippen LogP contribution >= 0.6 is 0 Å². The first kappa shape index (κ1) is 22.9. The van der Waals surface area contributed by atoms with Crippen molar-refractivity contribution in [2.24, 2.45) is 5.16 Å². The quantitative estimate of drug-likeness (QED) is 0.339. The molecule has 3 aromatic rings. The number of hydrogen-bond donors (Lipinski definition) is 1. The van der Waals surface area contributed by atoms with E-state index < -0.39 is 5.97 Å². The van der Waals surface area contributed by atoms with Gasteiger partial charge in [0.05, 0.1) is 0 Å². The van der Waals surface area contributed by atoms with Crippen LogP contribution in [-0.2, 0) is 22.7 Å². The number of rotatable bonds is 11. The first-order valence-electron chi connectivity index (χ1n) is 10.4. The zero-order chi connectivity index (χ0) is 22.8. The number of aliphatic carboxylic acids is 1. The Kier molecular flexibility index (Phi) is 8.26. The van der Waals surface area contributed by atoms with Crippen molar-refractivity contribution in [3.63, 3.8) is 0 Å². The maximum atomic E-state index is 10.8. The van der Waals surface area contributed by atoms with Gasteiger partial charge < -0.3 is 19.4 Å². The highest BCUT2D eigenvalue weighted by atomic mass is 16.6. The molecule has 0 heterocycles. The van der Waals surface area contributed by atoms with E-state index in [2.05, 4.69) is 5.16 Å². The molecule has 6 heteroatoms. The van der Waals surface area contributed by atoms with E-state index in [9.17, 15) is 4.79 Å². The molecule has 0 atom stereocenters. The molecular weight excluding hydrogens is 406 g/mol. The van der Waals surface area contributed by atoms with Crippen molar-refractivity contribution in [3.05, 3.63) is 95.1 Å². The van der Waals surface area contributed by atoms with Crippen LogP contribution in [0.4, 0.5) is 0 Å². The van der Waals surface area contributed by atoms with E-state index >= 15 is 0 Å². The second-order valence-electron chi connectivity index (χ2n) is 7.29. The minimum atomic E-state index is -0.792. The maximum Gasteiger partial charge on any atom is 0.303 e. The topological polar surface area (TPSA) is 77.3 Å². The minimum Gasteiger partial charge on any atom is -0.489 e. The minimum absolute atomic E-state index is 0.125. The molecule has 0 bridgehead atoms. The van der Waals surface area contributed by atoms with Crippen molar-refractivity contribution in [2.75, 3.05) is 13.7 Å². The number of aryl methyl sites for hydroxylation is 2. The molecule has 0 saturated carbocycles. The molecule has 3 rings (SSSR count). The lowest BCUT2D eigenvalue weighted by atomic mass is 10.0. The Morgan fingerprint density at radius 1 is 0.938 bits per heavy atom. The van der Waals surface area contributed by atoms with Crippen molar-refractivity contribution in [3.8, 4) is 11.5 Å². The highest BCUT2D eigenvalue weighted by molar-refractivity contribution is 6.01. The molecule has 0 aliphatic carbocycles. The van der Waals surface area contributed by atoms with E-state index in [1.807, 2.05) is 79.7 Å². The third-order valence-corrected chi connectivity index (χ3v) is 4.94. The third-order valence-electron chi connectivity index (χ3n) is 4.94. The van der Waals surface area contributed by atoms with E-state index in [1.54, 1.807) is 0 Å². The normalized spacial score (nSPS) is 11.1. The molecule has 0 aliphatic rings. The lowest BCUT2D eigenvalue weighted by molar-refractivity contribution is -0.136. The summed E-state index contributed by atoms with van der Waals surface area (Å²) in [7, 11) is 1.52. The average molecular weight is 434 g/mol. The SMILES string of the molecule is CO/N=C(\COc1ccc(COc2ccc(CCC(=O)O)c(C)c2)cc1)c1ccccc1. The van der Waals surface area contributed by atoms with Crippen LogP contribution in [0.3, 0.4) is 0 Å². The summed E-state index contributed by atoms with van der Waals surface area (Å²) in [5.74, 6) is 0.691. The first-order chi connectivity index (χ1) is 15.5. The van der Waals surface area contributed by atoms with Gasteiger partial charge in [-0.3, -0.25) is 4.79 Å². The van der Waals surface area contributed by atoms with Crippen LogP contribution in [0.25, 0.3) is 0 Å². The van der Waals surface area contributed by atoms with Crippen molar-refractivity contribution in [1.29, 1.82) is 0 Å². The Balaban J connectivity index is 1.53. The molecule has 0 saturated heterocycles. The summed E-state index contributed by atoms with van der Waals surface area (Å²) in [6.45, 7) is 2.68. The summed E-state index contributed by atoms with van der Waals surface area (Å²) in [6.07, 6.45) is 0.642. The van der Waals surface area contributed by atoms with Crippen LogP contribution < -0.4 is 9.47 Å².